The fourth-order valence-electron chi connectivity index (χ4n) is 3.02. The second-order valence-corrected chi connectivity index (χ2v) is 10.1. The first-order chi connectivity index (χ1) is 15.3. The molecule has 13 heteroatoms. The Labute approximate surface area is 200 Å². The number of carbonyl (C=O) groups is 3. The van der Waals surface area contributed by atoms with E-state index in [0.29, 0.717) is 0 Å². The van der Waals surface area contributed by atoms with Gasteiger partial charge in [0.2, 0.25) is 5.91 Å². The second-order valence-electron chi connectivity index (χ2n) is 7.59. The number of methoxy groups -OCH3 is 1. The van der Waals surface area contributed by atoms with Crippen molar-refractivity contribution in [1.82, 2.24) is 10.2 Å². The lowest BCUT2D eigenvalue weighted by Crippen LogP contribution is -2.41. The number of hydrogen-bond acceptors (Lipinski definition) is 6. The molecule has 1 fully saturated rings. The maximum absolute atomic E-state index is 12.8. The van der Waals surface area contributed by atoms with Crippen molar-refractivity contribution in [2.75, 3.05) is 23.7 Å². The molecule has 2 aromatic carbocycles. The number of sulfonamides is 1. The highest BCUT2D eigenvalue weighted by Crippen LogP contribution is 2.31. The lowest BCUT2D eigenvalue weighted by atomic mass is 10.1. The summed E-state index contributed by atoms with van der Waals surface area (Å²) in [6.45, 7) is 2.55. The molecule has 10 nitrogen and oxygen atoms in total. The number of nitrogens with one attached hydrogen (secondary N) is 3. The maximum Gasteiger partial charge on any atom is 0.325 e. The van der Waals surface area contributed by atoms with Crippen LogP contribution in [-0.2, 0) is 19.6 Å². The zero-order chi connectivity index (χ0) is 24.6. The minimum Gasteiger partial charge on any atom is -0.495 e. The van der Waals surface area contributed by atoms with Gasteiger partial charge in [0.15, 0.2) is 0 Å². The fraction of sp³-hybridized carbons (Fsp3) is 0.250. The molecular formula is C20H20Cl2N4O6S. The molecule has 33 heavy (non-hydrogen) atoms. The van der Waals surface area contributed by atoms with Gasteiger partial charge in [-0.2, -0.15) is 0 Å². The molecule has 1 aliphatic rings. The minimum absolute atomic E-state index is 0.0393. The highest BCUT2D eigenvalue weighted by atomic mass is 35.5. The van der Waals surface area contributed by atoms with Crippen molar-refractivity contribution >= 4 is 62.4 Å². The van der Waals surface area contributed by atoms with Gasteiger partial charge in [0.1, 0.15) is 17.8 Å². The smallest absolute Gasteiger partial charge is 0.325 e. The molecular weight excluding hydrogens is 495 g/mol. The number of ether oxygens (including phenoxy) is 1. The zero-order valence-corrected chi connectivity index (χ0v) is 20.1. The average Bonchev–Trinajstić information content (AvgIpc) is 2.91. The number of urea groups is 1. The van der Waals surface area contributed by atoms with Gasteiger partial charge in [0.25, 0.3) is 15.9 Å². The molecule has 0 saturated carbocycles. The van der Waals surface area contributed by atoms with Gasteiger partial charge in [-0.15, -0.1) is 0 Å². The molecule has 0 radical (unpaired) electrons. The van der Waals surface area contributed by atoms with Crippen LogP contribution in [0.2, 0.25) is 10.0 Å². The number of rotatable bonds is 7. The lowest BCUT2D eigenvalue weighted by Gasteiger charge is -2.17. The van der Waals surface area contributed by atoms with Gasteiger partial charge in [-0.05, 0) is 50.2 Å². The summed E-state index contributed by atoms with van der Waals surface area (Å²) in [4.78, 5) is 37.3. The summed E-state index contributed by atoms with van der Waals surface area (Å²) in [5.41, 5.74) is -0.857. The van der Waals surface area contributed by atoms with Crippen LogP contribution in [0.1, 0.15) is 13.8 Å². The molecule has 2 aromatic rings. The normalized spacial score (nSPS) is 15.2. The first-order valence-corrected chi connectivity index (χ1v) is 11.7. The highest BCUT2D eigenvalue weighted by molar-refractivity contribution is 7.92. The Morgan fingerprint density at radius 1 is 1.12 bits per heavy atom. The Morgan fingerprint density at radius 2 is 1.82 bits per heavy atom. The third-order valence-electron chi connectivity index (χ3n) is 4.68. The molecule has 1 saturated heterocycles. The predicted molar refractivity (Wildman–Crippen MR) is 123 cm³/mol. The van der Waals surface area contributed by atoms with E-state index >= 15 is 0 Å². The third-order valence-corrected chi connectivity index (χ3v) is 6.78. The van der Waals surface area contributed by atoms with Crippen molar-refractivity contribution in [3.05, 3.63) is 46.4 Å². The van der Waals surface area contributed by atoms with Gasteiger partial charge < -0.3 is 15.4 Å². The van der Waals surface area contributed by atoms with Gasteiger partial charge in [-0.3, -0.25) is 19.2 Å². The monoisotopic (exact) mass is 514 g/mol. The molecule has 0 aliphatic carbocycles. The standard InChI is InChI=1S/C20H20Cl2N4O6S/c1-20(2)18(28)26(19(29)24-20)10-17(27)23-11-4-7-16(32-3)15(8-11)25-33(30,31)12-5-6-13(21)14(22)9-12/h4-9,25H,10H2,1-3H3,(H,23,27)(H,24,29). The summed E-state index contributed by atoms with van der Waals surface area (Å²) in [7, 11) is -2.72. The second kappa shape index (κ2) is 9.08. The molecule has 176 valence electrons. The van der Waals surface area contributed by atoms with E-state index in [1.54, 1.807) is 0 Å². The lowest BCUT2D eigenvalue weighted by molar-refractivity contribution is -0.132. The Bertz CT molecular complexity index is 1250. The van der Waals surface area contributed by atoms with Crippen molar-refractivity contribution < 1.29 is 27.5 Å². The van der Waals surface area contributed by atoms with Crippen LogP contribution in [-0.4, -0.2) is 50.4 Å². The summed E-state index contributed by atoms with van der Waals surface area (Å²) >= 11 is 11.8. The Hall–Kier alpha value is -3.02. The number of hydrogen-bond donors (Lipinski definition) is 3. The summed E-state index contributed by atoms with van der Waals surface area (Å²) in [5.74, 6) is -1.00. The first-order valence-electron chi connectivity index (χ1n) is 9.44. The Balaban J connectivity index is 1.79. The number of nitrogens with zero attached hydrogens (tertiary/aromatic N) is 1. The van der Waals surface area contributed by atoms with Gasteiger partial charge in [0, 0.05) is 5.69 Å². The van der Waals surface area contributed by atoms with Crippen LogP contribution in [0.4, 0.5) is 16.2 Å². The van der Waals surface area contributed by atoms with Crippen LogP contribution >= 0.6 is 23.2 Å². The van der Waals surface area contributed by atoms with Crippen LogP contribution in [0.15, 0.2) is 41.3 Å². The Kier molecular flexibility index (Phi) is 6.78. The van der Waals surface area contributed by atoms with E-state index in [1.807, 2.05) is 0 Å². The molecule has 1 aliphatic heterocycles. The number of carbonyl (C=O) groups excluding carboxylic acids is 3. The van der Waals surface area contributed by atoms with E-state index in [1.165, 1.54) is 57.4 Å². The third kappa shape index (κ3) is 5.32. The molecule has 4 amide bonds. The first kappa shape index (κ1) is 24.6. The van der Waals surface area contributed by atoms with E-state index < -0.39 is 40.0 Å². The van der Waals surface area contributed by atoms with E-state index in [9.17, 15) is 22.8 Å². The van der Waals surface area contributed by atoms with E-state index in [-0.39, 0.29) is 32.1 Å². The fourth-order valence-corrected chi connectivity index (χ4v) is 4.47. The number of halogens is 2. The molecule has 0 spiro atoms. The summed E-state index contributed by atoms with van der Waals surface area (Å²) in [6, 6.07) is 7.41. The van der Waals surface area contributed by atoms with Crippen LogP contribution in [0.25, 0.3) is 0 Å². The molecule has 3 N–H and O–H groups in total. The van der Waals surface area contributed by atoms with E-state index in [0.717, 1.165) is 4.90 Å². The van der Waals surface area contributed by atoms with Crippen molar-refractivity contribution in [1.29, 1.82) is 0 Å². The summed E-state index contributed by atoms with van der Waals surface area (Å²) in [5, 5.41) is 5.28. The van der Waals surface area contributed by atoms with Gasteiger partial charge in [0.05, 0.1) is 27.7 Å². The largest absolute Gasteiger partial charge is 0.495 e. The minimum atomic E-state index is -4.07. The van der Waals surface area contributed by atoms with Crippen molar-refractivity contribution in [3.8, 4) is 5.75 Å². The molecule has 0 aromatic heterocycles. The molecule has 3 rings (SSSR count). The quantitative estimate of drug-likeness (QED) is 0.486. The molecule has 0 bridgehead atoms. The summed E-state index contributed by atoms with van der Waals surface area (Å²) < 4.78 is 33.1. The maximum atomic E-state index is 12.8. The van der Waals surface area contributed by atoms with Crippen molar-refractivity contribution in [3.63, 3.8) is 0 Å². The van der Waals surface area contributed by atoms with Gasteiger partial charge >= 0.3 is 6.03 Å². The van der Waals surface area contributed by atoms with E-state index in [2.05, 4.69) is 15.4 Å². The summed E-state index contributed by atoms with van der Waals surface area (Å²) in [6.07, 6.45) is 0. The Morgan fingerprint density at radius 3 is 2.39 bits per heavy atom. The number of anilines is 2. The van der Waals surface area contributed by atoms with Gasteiger partial charge in [-0.25, -0.2) is 13.2 Å². The topological polar surface area (TPSA) is 134 Å². The molecule has 0 atom stereocenters. The van der Waals surface area contributed by atoms with Crippen LogP contribution in [0.5, 0.6) is 5.75 Å². The molecule has 0 unspecified atom stereocenters. The van der Waals surface area contributed by atoms with Crippen molar-refractivity contribution in [2.45, 2.75) is 24.3 Å². The number of amides is 4. The molecule has 1 heterocycles. The predicted octanol–water partition coefficient (Wildman–Crippen LogP) is 3.07. The van der Waals surface area contributed by atoms with Crippen LogP contribution in [0, 0.1) is 0 Å². The average molecular weight is 515 g/mol. The van der Waals surface area contributed by atoms with E-state index in [4.69, 9.17) is 27.9 Å². The van der Waals surface area contributed by atoms with Crippen LogP contribution < -0.4 is 20.1 Å². The van der Waals surface area contributed by atoms with Crippen LogP contribution in [0.3, 0.4) is 0 Å². The zero-order valence-electron chi connectivity index (χ0n) is 17.7. The number of benzene rings is 2. The SMILES string of the molecule is COc1ccc(NC(=O)CN2C(=O)NC(C)(C)C2=O)cc1NS(=O)(=O)c1ccc(Cl)c(Cl)c1. The highest BCUT2D eigenvalue weighted by Gasteiger charge is 2.44. The number of imide groups is 1. The van der Waals surface area contributed by atoms with Gasteiger partial charge in [-0.1, -0.05) is 23.2 Å². The van der Waals surface area contributed by atoms with Crippen molar-refractivity contribution in [2.24, 2.45) is 0 Å².